The predicted octanol–water partition coefficient (Wildman–Crippen LogP) is 1.50. The lowest BCUT2D eigenvalue weighted by atomic mass is 10.1. The molecule has 0 saturated carbocycles. The molecule has 1 fully saturated rings. The number of nitrogens with zero attached hydrogens (tertiary/aromatic N) is 6. The highest BCUT2D eigenvalue weighted by molar-refractivity contribution is 7.89. The van der Waals surface area contributed by atoms with Crippen LogP contribution in [0.25, 0.3) is 11.1 Å². The smallest absolute Gasteiger partial charge is 0.225 e. The molecule has 1 aliphatic heterocycles. The normalized spacial score (nSPS) is 15.9. The number of halogens is 1. The van der Waals surface area contributed by atoms with Gasteiger partial charge >= 0.3 is 0 Å². The molecule has 1 atom stereocenters. The van der Waals surface area contributed by atoms with E-state index in [1.807, 2.05) is 4.90 Å². The van der Waals surface area contributed by atoms with Crippen LogP contribution in [0.2, 0.25) is 0 Å². The van der Waals surface area contributed by atoms with Gasteiger partial charge in [-0.2, -0.15) is 4.31 Å². The molecule has 0 bridgehead atoms. The van der Waals surface area contributed by atoms with E-state index >= 15 is 0 Å². The number of rotatable bonds is 9. The Labute approximate surface area is 197 Å². The van der Waals surface area contributed by atoms with Gasteiger partial charge in [0.2, 0.25) is 16.0 Å². The van der Waals surface area contributed by atoms with E-state index in [2.05, 4.69) is 25.4 Å². The monoisotopic (exact) mass is 487 g/mol. The van der Waals surface area contributed by atoms with E-state index < -0.39 is 16.1 Å². The van der Waals surface area contributed by atoms with Crippen molar-refractivity contribution in [3.8, 4) is 11.1 Å². The van der Waals surface area contributed by atoms with Gasteiger partial charge in [-0.25, -0.2) is 38.2 Å². The summed E-state index contributed by atoms with van der Waals surface area (Å²) in [6.07, 6.45) is 7.20. The van der Waals surface area contributed by atoms with Crippen LogP contribution in [0.1, 0.15) is 12.2 Å². The fraction of sp³-hybridized carbons (Fsp3) is 0.364. The highest BCUT2D eigenvalue weighted by Gasteiger charge is 2.30. The second-order valence-electron chi connectivity index (χ2n) is 7.95. The highest BCUT2D eigenvalue weighted by Crippen LogP contribution is 2.22. The third-order valence-electron chi connectivity index (χ3n) is 5.67. The molecule has 34 heavy (non-hydrogen) atoms. The van der Waals surface area contributed by atoms with Gasteiger partial charge in [-0.15, -0.1) is 0 Å². The number of aryl methyl sites for hydroxylation is 1. The van der Waals surface area contributed by atoms with Crippen molar-refractivity contribution in [1.82, 2.24) is 29.7 Å². The first-order valence-corrected chi connectivity index (χ1v) is 12.5. The fourth-order valence-electron chi connectivity index (χ4n) is 3.79. The summed E-state index contributed by atoms with van der Waals surface area (Å²) < 4.78 is 41.2. The minimum Gasteiger partial charge on any atom is -0.338 e. The Morgan fingerprint density at radius 2 is 1.68 bits per heavy atom. The highest BCUT2D eigenvalue weighted by atomic mass is 32.2. The molecule has 2 N–H and O–H groups in total. The van der Waals surface area contributed by atoms with Crippen molar-refractivity contribution in [2.75, 3.05) is 36.8 Å². The predicted molar refractivity (Wildman–Crippen MR) is 124 cm³/mol. The van der Waals surface area contributed by atoms with Gasteiger partial charge in [-0.05, 0) is 18.6 Å². The summed E-state index contributed by atoms with van der Waals surface area (Å²) in [5.74, 6) is 0.485. The number of benzene rings is 1. The van der Waals surface area contributed by atoms with Crippen LogP contribution in [0, 0.1) is 5.82 Å². The molecule has 180 valence electrons. The number of hydrogen-bond acceptors (Lipinski definition) is 9. The van der Waals surface area contributed by atoms with E-state index in [0.29, 0.717) is 48.8 Å². The number of hydroxylamine groups is 1. The van der Waals surface area contributed by atoms with Gasteiger partial charge in [-0.3, -0.25) is 0 Å². The maximum atomic E-state index is 14.0. The van der Waals surface area contributed by atoms with Crippen molar-refractivity contribution >= 4 is 16.0 Å². The van der Waals surface area contributed by atoms with Crippen LogP contribution < -0.4 is 10.4 Å². The molecule has 1 aromatic carbocycles. The lowest BCUT2D eigenvalue weighted by Crippen LogP contribution is -2.51. The molecule has 1 unspecified atom stereocenters. The van der Waals surface area contributed by atoms with Gasteiger partial charge in [0.05, 0.1) is 5.75 Å². The third kappa shape index (κ3) is 5.89. The first-order valence-electron chi connectivity index (χ1n) is 10.9. The molecule has 1 aliphatic rings. The van der Waals surface area contributed by atoms with E-state index in [9.17, 15) is 18.0 Å². The van der Waals surface area contributed by atoms with E-state index in [0.717, 1.165) is 0 Å². The van der Waals surface area contributed by atoms with Gasteiger partial charge in [-0.1, -0.05) is 18.2 Å². The molecule has 3 aromatic rings. The summed E-state index contributed by atoms with van der Waals surface area (Å²) >= 11 is 0. The van der Waals surface area contributed by atoms with Crippen molar-refractivity contribution in [3.63, 3.8) is 0 Å². The van der Waals surface area contributed by atoms with Gasteiger partial charge in [0.25, 0.3) is 0 Å². The third-order valence-corrected chi connectivity index (χ3v) is 7.64. The zero-order valence-corrected chi connectivity index (χ0v) is 19.3. The largest absolute Gasteiger partial charge is 0.338 e. The molecular formula is C22H26FN7O3S. The van der Waals surface area contributed by atoms with Crippen LogP contribution in [0.4, 0.5) is 10.3 Å². The fourth-order valence-corrected chi connectivity index (χ4v) is 5.47. The SMILES string of the molecule is O=S(=O)(CC(CCc1ncccn1)NO)N1CCN(c2ncc(-c3ccccc3F)cn2)CC1. The first kappa shape index (κ1) is 24.1. The van der Waals surface area contributed by atoms with Crippen LogP contribution in [-0.4, -0.2) is 75.8 Å². The van der Waals surface area contributed by atoms with Crippen LogP contribution in [0.3, 0.4) is 0 Å². The van der Waals surface area contributed by atoms with E-state index in [1.165, 1.54) is 10.4 Å². The van der Waals surface area contributed by atoms with Gasteiger partial charge in [0.15, 0.2) is 0 Å². The standard InChI is InChI=1S/C22H26FN7O3S/c23-20-5-2-1-4-19(20)17-14-26-22(27-15-17)29-10-12-30(13-11-29)34(32,33)16-18(28-31)6-7-21-24-8-3-9-25-21/h1-5,8-9,14-15,18,28,31H,6-7,10-13,16H2. The van der Waals surface area contributed by atoms with Gasteiger partial charge in [0.1, 0.15) is 11.6 Å². The Bertz CT molecular complexity index is 1170. The number of aromatic nitrogens is 4. The Hall–Kier alpha value is -3.06. The molecule has 0 spiro atoms. The molecule has 2 aromatic heterocycles. The van der Waals surface area contributed by atoms with Crippen molar-refractivity contribution in [2.45, 2.75) is 18.9 Å². The lowest BCUT2D eigenvalue weighted by Gasteiger charge is -2.34. The summed E-state index contributed by atoms with van der Waals surface area (Å²) in [6.45, 7) is 1.40. The van der Waals surface area contributed by atoms with Crippen molar-refractivity contribution in [1.29, 1.82) is 0 Å². The molecule has 10 nitrogen and oxygen atoms in total. The number of sulfonamides is 1. The van der Waals surface area contributed by atoms with E-state index in [-0.39, 0.29) is 24.7 Å². The second-order valence-corrected chi connectivity index (χ2v) is 9.96. The van der Waals surface area contributed by atoms with Gasteiger partial charge < -0.3 is 10.1 Å². The van der Waals surface area contributed by atoms with Crippen molar-refractivity contribution < 1.29 is 18.0 Å². The zero-order chi connectivity index (χ0) is 24.0. The summed E-state index contributed by atoms with van der Waals surface area (Å²) in [5, 5.41) is 9.46. The number of anilines is 1. The van der Waals surface area contributed by atoms with Crippen LogP contribution >= 0.6 is 0 Å². The minimum atomic E-state index is -3.59. The maximum Gasteiger partial charge on any atom is 0.225 e. The Balaban J connectivity index is 1.32. The average molecular weight is 488 g/mol. The Kier molecular flexibility index (Phi) is 7.73. The summed E-state index contributed by atoms with van der Waals surface area (Å²) in [6, 6.07) is 7.49. The molecular weight excluding hydrogens is 461 g/mol. The quantitative estimate of drug-likeness (QED) is 0.432. The zero-order valence-electron chi connectivity index (χ0n) is 18.5. The molecule has 3 heterocycles. The van der Waals surface area contributed by atoms with Crippen LogP contribution in [0.5, 0.6) is 0 Å². The Morgan fingerprint density at radius 3 is 2.32 bits per heavy atom. The molecule has 0 aliphatic carbocycles. The minimum absolute atomic E-state index is 0.232. The second kappa shape index (κ2) is 10.9. The van der Waals surface area contributed by atoms with Gasteiger partial charge in [0, 0.05) is 74.6 Å². The Morgan fingerprint density at radius 1 is 1.00 bits per heavy atom. The first-order chi connectivity index (χ1) is 16.5. The molecule has 4 rings (SSSR count). The topological polar surface area (TPSA) is 124 Å². The summed E-state index contributed by atoms with van der Waals surface area (Å²) in [7, 11) is -3.59. The van der Waals surface area contributed by atoms with Crippen LogP contribution in [-0.2, 0) is 16.4 Å². The van der Waals surface area contributed by atoms with E-state index in [4.69, 9.17) is 0 Å². The average Bonchev–Trinajstić information content (AvgIpc) is 2.87. The molecule has 0 amide bonds. The molecule has 12 heteroatoms. The summed E-state index contributed by atoms with van der Waals surface area (Å²) in [4.78, 5) is 18.8. The van der Waals surface area contributed by atoms with Crippen molar-refractivity contribution in [2.24, 2.45) is 0 Å². The number of piperazine rings is 1. The maximum absolute atomic E-state index is 14.0. The van der Waals surface area contributed by atoms with Crippen LogP contribution in [0.15, 0.2) is 55.1 Å². The van der Waals surface area contributed by atoms with Crippen molar-refractivity contribution in [3.05, 3.63) is 66.8 Å². The molecule has 1 saturated heterocycles. The summed E-state index contributed by atoms with van der Waals surface area (Å²) in [5.41, 5.74) is 3.11. The lowest BCUT2D eigenvalue weighted by molar-refractivity contribution is 0.129. The number of nitrogens with one attached hydrogen (secondary N) is 1. The number of hydrogen-bond donors (Lipinski definition) is 2. The van der Waals surface area contributed by atoms with E-state index in [1.54, 1.807) is 49.1 Å². The molecule has 0 radical (unpaired) electrons.